The molecule has 0 aromatic carbocycles. The highest BCUT2D eigenvalue weighted by Gasteiger charge is 2.22. The molecule has 2 amide bonds. The predicted octanol–water partition coefficient (Wildman–Crippen LogP) is -0.568. The van der Waals surface area contributed by atoms with Crippen LogP contribution in [0, 0.1) is 0 Å². The average Bonchev–Trinajstić information content (AvgIpc) is 2.52. The van der Waals surface area contributed by atoms with Crippen LogP contribution in [0.3, 0.4) is 0 Å². The van der Waals surface area contributed by atoms with E-state index in [4.69, 9.17) is 15.9 Å². The van der Waals surface area contributed by atoms with Crippen LogP contribution in [0.5, 0.6) is 0 Å². The molecule has 6 N–H and O–H groups in total. The SMILES string of the molecule is C=CCSSCC(NC(=O)CCC(N)C(=O)O)C(=O)NCC(=O)O. The van der Waals surface area contributed by atoms with E-state index >= 15 is 0 Å². The van der Waals surface area contributed by atoms with Gasteiger partial charge in [-0.1, -0.05) is 27.7 Å². The number of nitrogens with two attached hydrogens (primary N) is 1. The number of hydrogen-bond acceptors (Lipinski definition) is 7. The first-order valence-corrected chi connectivity index (χ1v) is 9.39. The second-order valence-electron chi connectivity index (χ2n) is 4.57. The maximum atomic E-state index is 11.9. The summed E-state index contributed by atoms with van der Waals surface area (Å²) in [4.78, 5) is 44.9. The van der Waals surface area contributed by atoms with Crippen LogP contribution in [-0.2, 0) is 19.2 Å². The molecule has 2 atom stereocenters. The van der Waals surface area contributed by atoms with Crippen LogP contribution in [0.1, 0.15) is 12.8 Å². The first kappa shape index (κ1) is 22.3. The fourth-order valence-corrected chi connectivity index (χ4v) is 3.29. The van der Waals surface area contributed by atoms with E-state index in [-0.39, 0.29) is 18.6 Å². The van der Waals surface area contributed by atoms with E-state index < -0.39 is 42.4 Å². The van der Waals surface area contributed by atoms with Gasteiger partial charge < -0.3 is 26.6 Å². The molecule has 0 aliphatic carbocycles. The normalized spacial score (nSPS) is 12.7. The van der Waals surface area contributed by atoms with Gasteiger partial charge >= 0.3 is 11.9 Å². The number of carboxylic acids is 2. The van der Waals surface area contributed by atoms with Gasteiger partial charge in [0.2, 0.25) is 11.8 Å². The molecule has 9 nitrogen and oxygen atoms in total. The number of carbonyl (C=O) groups excluding carboxylic acids is 2. The van der Waals surface area contributed by atoms with E-state index in [9.17, 15) is 19.2 Å². The first-order valence-electron chi connectivity index (χ1n) is 6.90. The highest BCUT2D eigenvalue weighted by Crippen LogP contribution is 2.21. The van der Waals surface area contributed by atoms with Gasteiger partial charge in [0.15, 0.2) is 0 Å². The van der Waals surface area contributed by atoms with Gasteiger partial charge in [-0.3, -0.25) is 19.2 Å². The molecule has 0 heterocycles. The van der Waals surface area contributed by atoms with E-state index in [1.165, 1.54) is 21.6 Å². The molecule has 0 rings (SSSR count). The molecule has 0 aliphatic rings. The van der Waals surface area contributed by atoms with Crippen molar-refractivity contribution in [1.29, 1.82) is 0 Å². The molecule has 0 fully saturated rings. The van der Waals surface area contributed by atoms with Crippen LogP contribution < -0.4 is 16.4 Å². The zero-order valence-corrected chi connectivity index (χ0v) is 14.5. The largest absolute Gasteiger partial charge is 0.480 e. The fourth-order valence-electron chi connectivity index (χ4n) is 1.36. The van der Waals surface area contributed by atoms with Gasteiger partial charge in [-0.25, -0.2) is 0 Å². The number of aliphatic carboxylic acids is 2. The van der Waals surface area contributed by atoms with Crippen LogP contribution >= 0.6 is 21.6 Å². The third-order valence-corrected chi connectivity index (χ3v) is 4.89. The van der Waals surface area contributed by atoms with Crippen molar-refractivity contribution in [3.05, 3.63) is 12.7 Å². The molecular weight excluding hydrogens is 358 g/mol. The van der Waals surface area contributed by atoms with Crippen molar-refractivity contribution in [2.24, 2.45) is 5.73 Å². The molecule has 136 valence electrons. The van der Waals surface area contributed by atoms with Gasteiger partial charge in [-0.2, -0.15) is 0 Å². The summed E-state index contributed by atoms with van der Waals surface area (Å²) >= 11 is 0. The maximum absolute atomic E-state index is 11.9. The maximum Gasteiger partial charge on any atom is 0.322 e. The van der Waals surface area contributed by atoms with Crippen molar-refractivity contribution in [1.82, 2.24) is 10.6 Å². The summed E-state index contributed by atoms with van der Waals surface area (Å²) < 4.78 is 0. The fraction of sp³-hybridized carbons (Fsp3) is 0.538. The lowest BCUT2D eigenvalue weighted by Gasteiger charge is -2.17. The van der Waals surface area contributed by atoms with Crippen molar-refractivity contribution in [2.75, 3.05) is 18.1 Å². The Bertz CT molecular complexity index is 475. The lowest BCUT2D eigenvalue weighted by atomic mass is 10.1. The van der Waals surface area contributed by atoms with Crippen molar-refractivity contribution < 1.29 is 29.4 Å². The number of amides is 2. The monoisotopic (exact) mass is 379 g/mol. The average molecular weight is 379 g/mol. The van der Waals surface area contributed by atoms with Crippen LogP contribution in [-0.4, -0.2) is 64.1 Å². The second kappa shape index (κ2) is 12.7. The minimum atomic E-state index is -1.21. The lowest BCUT2D eigenvalue weighted by Crippen LogP contribution is -2.49. The summed E-state index contributed by atoms with van der Waals surface area (Å²) in [7, 11) is 2.75. The predicted molar refractivity (Wildman–Crippen MR) is 92.5 cm³/mol. The Hall–Kier alpha value is -1.72. The van der Waals surface area contributed by atoms with E-state index in [0.29, 0.717) is 5.75 Å². The molecule has 0 saturated heterocycles. The minimum absolute atomic E-state index is 0.0665. The first-order chi connectivity index (χ1) is 11.3. The summed E-state index contributed by atoms with van der Waals surface area (Å²) in [6.45, 7) is 3.00. The number of carboxylic acid groups (broad SMARTS) is 2. The van der Waals surface area contributed by atoms with E-state index in [1.54, 1.807) is 6.08 Å². The van der Waals surface area contributed by atoms with Gasteiger partial charge in [0.1, 0.15) is 18.6 Å². The Labute approximate surface area is 147 Å². The quantitative estimate of drug-likeness (QED) is 0.160. The van der Waals surface area contributed by atoms with E-state index in [2.05, 4.69) is 17.2 Å². The van der Waals surface area contributed by atoms with Crippen LogP contribution in [0.15, 0.2) is 12.7 Å². The Morgan fingerprint density at radius 3 is 2.42 bits per heavy atom. The number of hydrogen-bond donors (Lipinski definition) is 5. The Balaban J connectivity index is 4.51. The minimum Gasteiger partial charge on any atom is -0.480 e. The molecule has 11 heteroatoms. The van der Waals surface area contributed by atoms with Crippen LogP contribution in [0.4, 0.5) is 0 Å². The zero-order chi connectivity index (χ0) is 18.5. The molecule has 0 spiro atoms. The summed E-state index contributed by atoms with van der Waals surface area (Å²) in [5, 5.41) is 21.9. The van der Waals surface area contributed by atoms with Crippen LogP contribution in [0.25, 0.3) is 0 Å². The Kier molecular flexibility index (Phi) is 11.8. The van der Waals surface area contributed by atoms with Gasteiger partial charge in [-0.15, -0.1) is 6.58 Å². The molecule has 2 unspecified atom stereocenters. The van der Waals surface area contributed by atoms with Gasteiger partial charge in [0, 0.05) is 17.9 Å². The molecule has 0 aromatic rings. The standard InChI is InChI=1S/C13H21N3O6S2/c1-2-5-23-24-7-9(12(20)15-6-11(18)19)16-10(17)4-3-8(14)13(21)22/h2,8-9H,1,3-7,14H2,(H,15,20)(H,16,17)(H,18,19)(H,21,22). The van der Waals surface area contributed by atoms with Gasteiger partial charge in [0.05, 0.1) is 0 Å². The van der Waals surface area contributed by atoms with Crippen molar-refractivity contribution in [2.45, 2.75) is 24.9 Å². The molecular formula is C13H21N3O6S2. The molecule has 0 saturated carbocycles. The molecule has 24 heavy (non-hydrogen) atoms. The molecule has 0 aromatic heterocycles. The molecule has 0 bridgehead atoms. The van der Waals surface area contributed by atoms with Crippen molar-refractivity contribution in [3.8, 4) is 0 Å². The summed E-state index contributed by atoms with van der Waals surface area (Å²) in [6.07, 6.45) is 1.46. The number of nitrogens with one attached hydrogen (secondary N) is 2. The van der Waals surface area contributed by atoms with E-state index in [0.717, 1.165) is 0 Å². The topological polar surface area (TPSA) is 159 Å². The Morgan fingerprint density at radius 2 is 1.88 bits per heavy atom. The van der Waals surface area contributed by atoms with Crippen molar-refractivity contribution in [3.63, 3.8) is 0 Å². The summed E-state index contributed by atoms with van der Waals surface area (Å²) in [6, 6.07) is -2.09. The third kappa shape index (κ3) is 10.9. The van der Waals surface area contributed by atoms with E-state index in [1.807, 2.05) is 0 Å². The summed E-state index contributed by atoms with van der Waals surface area (Å²) in [5.41, 5.74) is 5.31. The number of rotatable bonds is 13. The third-order valence-electron chi connectivity index (χ3n) is 2.57. The Morgan fingerprint density at radius 1 is 1.21 bits per heavy atom. The molecule has 0 aliphatic heterocycles. The highest BCUT2D eigenvalue weighted by molar-refractivity contribution is 8.76. The van der Waals surface area contributed by atoms with Gasteiger partial charge in [-0.05, 0) is 6.42 Å². The number of carbonyl (C=O) groups is 4. The smallest absolute Gasteiger partial charge is 0.322 e. The van der Waals surface area contributed by atoms with Gasteiger partial charge in [0.25, 0.3) is 0 Å². The second-order valence-corrected chi connectivity index (χ2v) is 7.13. The lowest BCUT2D eigenvalue weighted by molar-refractivity contribution is -0.139. The zero-order valence-electron chi connectivity index (χ0n) is 12.9. The van der Waals surface area contributed by atoms with Crippen LogP contribution in [0.2, 0.25) is 0 Å². The highest BCUT2D eigenvalue weighted by atomic mass is 33.1. The summed E-state index contributed by atoms with van der Waals surface area (Å²) in [5.74, 6) is -2.70. The molecule has 0 radical (unpaired) electrons. The van der Waals surface area contributed by atoms with Crippen molar-refractivity contribution >= 4 is 45.3 Å².